The molecular weight excluding hydrogens is 246 g/mol. The first-order valence-electron chi connectivity index (χ1n) is 8.38. The van der Waals surface area contributed by atoms with Crippen molar-refractivity contribution in [3.8, 4) is 5.75 Å². The first kappa shape index (κ1) is 12.7. The predicted octanol–water partition coefficient (Wildman–Crippen LogP) is 3.86. The maximum atomic E-state index is 5.95. The second kappa shape index (κ2) is 5.40. The van der Waals surface area contributed by atoms with Crippen LogP contribution in [0, 0.1) is 5.92 Å². The van der Waals surface area contributed by atoms with Crippen molar-refractivity contribution in [1.82, 2.24) is 5.32 Å². The van der Waals surface area contributed by atoms with Gasteiger partial charge < -0.3 is 10.1 Å². The molecule has 0 saturated heterocycles. The van der Waals surface area contributed by atoms with E-state index in [-0.39, 0.29) is 0 Å². The van der Waals surface area contributed by atoms with Gasteiger partial charge in [-0.05, 0) is 74.6 Å². The average Bonchev–Trinajstić information content (AvgIpc) is 3.39. The lowest BCUT2D eigenvalue weighted by molar-refractivity contribution is 0.302. The smallest absolute Gasteiger partial charge is 0.120 e. The summed E-state index contributed by atoms with van der Waals surface area (Å²) in [5.41, 5.74) is 1.50. The summed E-state index contributed by atoms with van der Waals surface area (Å²) in [6.07, 6.45) is 9.88. The van der Waals surface area contributed by atoms with Gasteiger partial charge in [0.2, 0.25) is 0 Å². The van der Waals surface area contributed by atoms with Crippen molar-refractivity contribution in [2.24, 2.45) is 5.92 Å². The van der Waals surface area contributed by atoms with Crippen molar-refractivity contribution in [1.29, 1.82) is 0 Å². The molecule has 108 valence electrons. The fraction of sp³-hybridized carbons (Fsp3) is 0.667. The van der Waals surface area contributed by atoms with E-state index in [4.69, 9.17) is 4.74 Å². The lowest BCUT2D eigenvalue weighted by Gasteiger charge is -2.21. The van der Waals surface area contributed by atoms with Gasteiger partial charge in [0.25, 0.3) is 0 Å². The normalized spacial score (nSPS) is 29.6. The van der Waals surface area contributed by atoms with Crippen molar-refractivity contribution >= 4 is 0 Å². The van der Waals surface area contributed by atoms with E-state index in [9.17, 15) is 0 Å². The van der Waals surface area contributed by atoms with Gasteiger partial charge in [-0.3, -0.25) is 0 Å². The molecule has 20 heavy (non-hydrogen) atoms. The summed E-state index contributed by atoms with van der Waals surface area (Å²) in [6.45, 7) is 1.21. The van der Waals surface area contributed by atoms with E-state index in [1.54, 1.807) is 0 Å². The van der Waals surface area contributed by atoms with Gasteiger partial charge in [-0.25, -0.2) is 0 Å². The molecule has 0 heterocycles. The van der Waals surface area contributed by atoms with Crippen LogP contribution in [0.15, 0.2) is 24.3 Å². The molecule has 0 amide bonds. The summed E-state index contributed by atoms with van der Waals surface area (Å²) in [7, 11) is 0. The number of hydrogen-bond donors (Lipinski definition) is 1. The van der Waals surface area contributed by atoms with Crippen LogP contribution in [0.2, 0.25) is 0 Å². The monoisotopic (exact) mass is 271 g/mol. The predicted molar refractivity (Wildman–Crippen MR) is 81.2 cm³/mol. The molecule has 0 spiro atoms. The standard InChI is InChI=1S/C18H25NO/c1-3-13(11-17(5-1)20-16-9-10-16)18-6-2-4-14(18)12-19-15-7-8-15/h1,3,5,11,14-16,18-19H,2,4,6-10,12H2. The molecule has 4 rings (SSSR count). The van der Waals surface area contributed by atoms with Gasteiger partial charge in [0.05, 0.1) is 6.10 Å². The van der Waals surface area contributed by atoms with Crippen molar-refractivity contribution in [3.05, 3.63) is 29.8 Å². The maximum absolute atomic E-state index is 5.95. The van der Waals surface area contributed by atoms with E-state index in [1.807, 2.05) is 0 Å². The fourth-order valence-electron chi connectivity index (χ4n) is 3.52. The van der Waals surface area contributed by atoms with Crippen LogP contribution in [0.25, 0.3) is 0 Å². The van der Waals surface area contributed by atoms with E-state index in [1.165, 1.54) is 57.1 Å². The molecule has 3 aliphatic rings. The molecule has 1 N–H and O–H groups in total. The highest BCUT2D eigenvalue weighted by atomic mass is 16.5. The van der Waals surface area contributed by atoms with Crippen LogP contribution in [0.3, 0.4) is 0 Å². The second-order valence-electron chi connectivity index (χ2n) is 6.87. The van der Waals surface area contributed by atoms with E-state index in [2.05, 4.69) is 29.6 Å². The van der Waals surface area contributed by atoms with Gasteiger partial charge in [-0.1, -0.05) is 18.6 Å². The third-order valence-electron chi connectivity index (χ3n) is 5.02. The van der Waals surface area contributed by atoms with Gasteiger partial charge in [-0.2, -0.15) is 0 Å². The Morgan fingerprint density at radius 3 is 2.75 bits per heavy atom. The van der Waals surface area contributed by atoms with E-state index >= 15 is 0 Å². The largest absolute Gasteiger partial charge is 0.490 e. The summed E-state index contributed by atoms with van der Waals surface area (Å²) in [5, 5.41) is 3.72. The minimum atomic E-state index is 0.501. The van der Waals surface area contributed by atoms with Crippen molar-refractivity contribution in [2.45, 2.75) is 63.0 Å². The lowest BCUT2D eigenvalue weighted by atomic mass is 9.88. The van der Waals surface area contributed by atoms with Gasteiger partial charge in [0.1, 0.15) is 5.75 Å². The Hall–Kier alpha value is -1.02. The molecule has 2 unspecified atom stereocenters. The SMILES string of the molecule is c1cc(OC2CC2)cc(C2CCCC2CNC2CC2)c1. The molecule has 0 bridgehead atoms. The topological polar surface area (TPSA) is 21.3 Å². The van der Waals surface area contributed by atoms with Gasteiger partial charge in [0, 0.05) is 6.04 Å². The lowest BCUT2D eigenvalue weighted by Crippen LogP contribution is -2.26. The van der Waals surface area contributed by atoms with E-state index < -0.39 is 0 Å². The summed E-state index contributed by atoms with van der Waals surface area (Å²) < 4.78 is 5.95. The summed E-state index contributed by atoms with van der Waals surface area (Å²) in [4.78, 5) is 0. The minimum Gasteiger partial charge on any atom is -0.490 e. The zero-order valence-electron chi connectivity index (χ0n) is 12.2. The Kier molecular flexibility index (Phi) is 3.43. The number of benzene rings is 1. The van der Waals surface area contributed by atoms with Crippen LogP contribution in [-0.4, -0.2) is 18.7 Å². The zero-order valence-corrected chi connectivity index (χ0v) is 12.2. The van der Waals surface area contributed by atoms with Crippen molar-refractivity contribution in [2.75, 3.05) is 6.54 Å². The van der Waals surface area contributed by atoms with Crippen LogP contribution in [-0.2, 0) is 0 Å². The fourth-order valence-corrected chi connectivity index (χ4v) is 3.52. The van der Waals surface area contributed by atoms with E-state index in [0.29, 0.717) is 6.10 Å². The van der Waals surface area contributed by atoms with Crippen LogP contribution >= 0.6 is 0 Å². The Labute approximate surface area is 121 Å². The molecular formula is C18H25NO. The summed E-state index contributed by atoms with van der Waals surface area (Å²) >= 11 is 0. The molecule has 0 radical (unpaired) electrons. The quantitative estimate of drug-likeness (QED) is 0.848. The van der Waals surface area contributed by atoms with Crippen LogP contribution in [0.1, 0.15) is 56.4 Å². The maximum Gasteiger partial charge on any atom is 0.120 e. The molecule has 0 aliphatic heterocycles. The number of hydrogen-bond acceptors (Lipinski definition) is 2. The minimum absolute atomic E-state index is 0.501. The van der Waals surface area contributed by atoms with Crippen LogP contribution < -0.4 is 10.1 Å². The van der Waals surface area contributed by atoms with Crippen molar-refractivity contribution in [3.63, 3.8) is 0 Å². The molecule has 2 nitrogen and oxygen atoms in total. The molecule has 3 fully saturated rings. The first-order valence-corrected chi connectivity index (χ1v) is 8.38. The Morgan fingerprint density at radius 1 is 1.05 bits per heavy atom. The molecule has 1 aromatic rings. The highest BCUT2D eigenvalue weighted by molar-refractivity contribution is 5.32. The van der Waals surface area contributed by atoms with Crippen LogP contribution in [0.5, 0.6) is 5.75 Å². The Bertz CT molecular complexity index is 464. The summed E-state index contributed by atoms with van der Waals surface area (Å²) in [5.74, 6) is 2.65. The number of nitrogens with one attached hydrogen (secondary N) is 1. The molecule has 1 aromatic carbocycles. The highest BCUT2D eigenvalue weighted by Crippen LogP contribution is 2.41. The van der Waals surface area contributed by atoms with Crippen molar-refractivity contribution < 1.29 is 4.74 Å². The molecule has 3 saturated carbocycles. The molecule has 0 aromatic heterocycles. The summed E-state index contributed by atoms with van der Waals surface area (Å²) in [6, 6.07) is 9.74. The van der Waals surface area contributed by atoms with Crippen LogP contribution in [0.4, 0.5) is 0 Å². The molecule has 3 aliphatic carbocycles. The number of ether oxygens (including phenoxy) is 1. The zero-order chi connectivity index (χ0) is 13.4. The second-order valence-corrected chi connectivity index (χ2v) is 6.87. The first-order chi connectivity index (χ1) is 9.88. The third-order valence-corrected chi connectivity index (χ3v) is 5.02. The molecule has 2 atom stereocenters. The molecule has 2 heteroatoms. The number of rotatable bonds is 6. The van der Waals surface area contributed by atoms with Gasteiger partial charge in [0.15, 0.2) is 0 Å². The average molecular weight is 271 g/mol. The van der Waals surface area contributed by atoms with Gasteiger partial charge in [-0.15, -0.1) is 0 Å². The van der Waals surface area contributed by atoms with Gasteiger partial charge >= 0.3 is 0 Å². The highest BCUT2D eigenvalue weighted by Gasteiger charge is 2.31. The Morgan fingerprint density at radius 2 is 1.95 bits per heavy atom. The Balaban J connectivity index is 1.43. The third kappa shape index (κ3) is 3.01. The van der Waals surface area contributed by atoms with E-state index in [0.717, 1.165) is 23.6 Å².